The van der Waals surface area contributed by atoms with Crippen LogP contribution in [0.3, 0.4) is 0 Å². The molecule has 4 heterocycles. The molecule has 228 valence electrons. The molecule has 1 aromatic heterocycles. The molecule has 3 aliphatic heterocycles. The largest absolute Gasteiger partial charge is 0.489 e. The summed E-state index contributed by atoms with van der Waals surface area (Å²) in [4.78, 5) is 42.6. The molecular weight excluding hydrogens is 560 g/mol. The van der Waals surface area contributed by atoms with Crippen molar-refractivity contribution in [2.24, 2.45) is 0 Å². The minimum Gasteiger partial charge on any atom is -0.489 e. The molecule has 2 aromatic carbocycles. The number of rotatable bonds is 10. The van der Waals surface area contributed by atoms with Gasteiger partial charge in [-0.1, -0.05) is 0 Å². The van der Waals surface area contributed by atoms with Crippen molar-refractivity contribution < 1.29 is 19.1 Å². The molecule has 3 saturated heterocycles. The van der Waals surface area contributed by atoms with Gasteiger partial charge in [0.1, 0.15) is 30.5 Å². The summed E-state index contributed by atoms with van der Waals surface area (Å²) < 4.78 is 11.5. The smallest absolute Gasteiger partial charge is 0.230 e. The minimum atomic E-state index is -0.102. The predicted octanol–water partition coefficient (Wildman–Crippen LogP) is 3.02. The number of benzene rings is 2. The molecule has 12 nitrogen and oxygen atoms in total. The first-order chi connectivity index (χ1) is 21.6. The summed E-state index contributed by atoms with van der Waals surface area (Å²) in [5.74, 6) is 1.34. The van der Waals surface area contributed by atoms with Crippen LogP contribution in [0, 0.1) is 11.3 Å². The number of piperazine rings is 1. The molecule has 3 fully saturated rings. The zero-order valence-electron chi connectivity index (χ0n) is 24.6. The van der Waals surface area contributed by atoms with Gasteiger partial charge in [0.2, 0.25) is 11.9 Å². The highest BCUT2D eigenvalue weighted by molar-refractivity contribution is 5.78. The van der Waals surface area contributed by atoms with Gasteiger partial charge >= 0.3 is 0 Å². The second-order valence-electron chi connectivity index (χ2n) is 11.2. The van der Waals surface area contributed by atoms with Crippen molar-refractivity contribution in [1.29, 1.82) is 5.26 Å². The van der Waals surface area contributed by atoms with Crippen molar-refractivity contribution in [3.05, 3.63) is 54.4 Å². The predicted molar refractivity (Wildman–Crippen MR) is 164 cm³/mol. The van der Waals surface area contributed by atoms with E-state index in [-0.39, 0.29) is 24.9 Å². The van der Waals surface area contributed by atoms with Crippen molar-refractivity contribution >= 4 is 29.5 Å². The number of nitrogens with one attached hydrogen (secondary N) is 1. The van der Waals surface area contributed by atoms with Gasteiger partial charge in [-0.15, -0.1) is 0 Å². The Morgan fingerprint density at radius 1 is 1.05 bits per heavy atom. The van der Waals surface area contributed by atoms with Crippen molar-refractivity contribution in [2.75, 3.05) is 62.7 Å². The summed E-state index contributed by atoms with van der Waals surface area (Å²) in [5, 5.41) is 13.1. The van der Waals surface area contributed by atoms with E-state index in [1.807, 2.05) is 18.2 Å². The van der Waals surface area contributed by atoms with Gasteiger partial charge in [-0.25, -0.2) is 9.97 Å². The third kappa shape index (κ3) is 6.96. The van der Waals surface area contributed by atoms with E-state index in [2.05, 4.69) is 48.3 Å². The van der Waals surface area contributed by atoms with Crippen LogP contribution in [0.25, 0.3) is 11.4 Å². The van der Waals surface area contributed by atoms with Gasteiger partial charge in [0, 0.05) is 81.9 Å². The van der Waals surface area contributed by atoms with Crippen LogP contribution in [0.4, 0.5) is 17.3 Å². The van der Waals surface area contributed by atoms with Gasteiger partial charge in [-0.3, -0.25) is 9.69 Å². The van der Waals surface area contributed by atoms with Gasteiger partial charge in [0.15, 0.2) is 5.82 Å². The molecule has 12 heteroatoms. The van der Waals surface area contributed by atoms with E-state index in [4.69, 9.17) is 9.47 Å². The summed E-state index contributed by atoms with van der Waals surface area (Å²) in [6.07, 6.45) is 3.93. The van der Waals surface area contributed by atoms with E-state index in [1.165, 1.54) is 12.0 Å². The van der Waals surface area contributed by atoms with Gasteiger partial charge < -0.3 is 29.4 Å². The summed E-state index contributed by atoms with van der Waals surface area (Å²) >= 11 is 0. The number of aldehydes is 1. The lowest BCUT2D eigenvalue weighted by molar-refractivity contribution is -0.133. The zero-order valence-corrected chi connectivity index (χ0v) is 24.6. The minimum absolute atomic E-state index is 0.00897. The third-order valence-electron chi connectivity index (χ3n) is 8.43. The highest BCUT2D eigenvalue weighted by Crippen LogP contribution is 2.28. The van der Waals surface area contributed by atoms with Gasteiger partial charge in [0.05, 0.1) is 24.8 Å². The monoisotopic (exact) mass is 596 g/mol. The number of nitriles is 1. The number of amides is 1. The molecule has 0 aliphatic carbocycles. The Labute approximate surface area is 256 Å². The molecule has 6 rings (SSSR count). The Bertz CT molecular complexity index is 1490. The molecule has 0 spiro atoms. The van der Waals surface area contributed by atoms with E-state index in [0.717, 1.165) is 51.4 Å². The van der Waals surface area contributed by atoms with Crippen molar-refractivity contribution in [1.82, 2.24) is 24.8 Å². The Morgan fingerprint density at radius 2 is 1.82 bits per heavy atom. The number of aromatic nitrogens is 3. The summed E-state index contributed by atoms with van der Waals surface area (Å²) in [5.41, 5.74) is 3.13. The molecule has 3 aliphatic rings. The number of anilines is 3. The Kier molecular flexibility index (Phi) is 9.24. The number of likely N-dealkylation sites (tertiary alicyclic amines) is 1. The molecule has 0 saturated carbocycles. The number of carbonyl (C=O) groups excluding carboxylic acids is 2. The lowest BCUT2D eigenvalue weighted by Gasteiger charge is -2.43. The van der Waals surface area contributed by atoms with E-state index in [1.54, 1.807) is 17.0 Å². The maximum absolute atomic E-state index is 12.2. The van der Waals surface area contributed by atoms with Gasteiger partial charge in [-0.2, -0.15) is 10.2 Å². The third-order valence-corrected chi connectivity index (χ3v) is 8.43. The first-order valence-corrected chi connectivity index (χ1v) is 15.1. The van der Waals surface area contributed by atoms with Crippen LogP contribution in [-0.2, 0) is 14.3 Å². The van der Waals surface area contributed by atoms with Crippen LogP contribution in [0.1, 0.15) is 31.2 Å². The second-order valence-corrected chi connectivity index (χ2v) is 11.2. The maximum Gasteiger partial charge on any atom is 0.230 e. The Morgan fingerprint density at radius 3 is 2.50 bits per heavy atom. The topological polar surface area (TPSA) is 137 Å². The SMILES string of the molecule is N#Cc1cc(-c2ncnc(Nc3ccc(N4CCN(C5COC5)CC4)cc3)n2)ccc1OC1CCN(C(=O)CCC=O)CC1. The van der Waals surface area contributed by atoms with E-state index in [9.17, 15) is 14.9 Å². The van der Waals surface area contributed by atoms with Crippen molar-refractivity contribution in [2.45, 2.75) is 37.8 Å². The van der Waals surface area contributed by atoms with E-state index >= 15 is 0 Å². The van der Waals surface area contributed by atoms with Crippen LogP contribution in [0.5, 0.6) is 5.75 Å². The average Bonchev–Trinajstić information content (AvgIpc) is 3.04. The Balaban J connectivity index is 1.05. The first-order valence-electron chi connectivity index (χ1n) is 15.1. The number of ether oxygens (including phenoxy) is 2. The Hall–Kier alpha value is -4.60. The standard InChI is InChI=1S/C32H36N8O4/c33-19-24-18-23(3-8-29(24)44-28-9-11-40(12-10-28)30(42)2-1-17-41)31-34-22-35-32(37-31)36-25-4-6-26(7-5-25)38-13-15-39(16-14-38)27-20-43-21-27/h3-8,17-18,22,27-28H,1-2,9-16,20-21H2,(H,34,35,36,37). The van der Waals surface area contributed by atoms with Crippen LogP contribution < -0.4 is 15.0 Å². The average molecular weight is 597 g/mol. The molecule has 0 unspecified atom stereocenters. The van der Waals surface area contributed by atoms with Crippen LogP contribution in [0.15, 0.2) is 48.8 Å². The molecular formula is C32H36N8O4. The molecule has 0 atom stereocenters. The lowest BCUT2D eigenvalue weighted by atomic mass is 10.1. The molecule has 0 bridgehead atoms. The number of hydrogen-bond donors (Lipinski definition) is 1. The molecule has 3 aromatic rings. The summed E-state index contributed by atoms with van der Waals surface area (Å²) in [6, 6.07) is 16.4. The highest BCUT2D eigenvalue weighted by Gasteiger charge is 2.29. The summed E-state index contributed by atoms with van der Waals surface area (Å²) in [7, 11) is 0. The second kappa shape index (κ2) is 13.8. The molecule has 0 radical (unpaired) electrons. The molecule has 1 amide bonds. The number of nitrogens with zero attached hydrogens (tertiary/aromatic N) is 7. The van der Waals surface area contributed by atoms with Crippen molar-refractivity contribution in [3.8, 4) is 23.2 Å². The molecule has 44 heavy (non-hydrogen) atoms. The van der Waals surface area contributed by atoms with E-state index in [0.29, 0.717) is 60.6 Å². The normalized spacial score (nSPS) is 17.9. The number of hydrogen-bond acceptors (Lipinski definition) is 11. The fraction of sp³-hybridized carbons (Fsp3) is 0.438. The molecule has 1 N–H and O–H groups in total. The quantitative estimate of drug-likeness (QED) is 0.346. The fourth-order valence-electron chi connectivity index (χ4n) is 5.76. The lowest BCUT2D eigenvalue weighted by Crippen LogP contribution is -2.56. The van der Waals surface area contributed by atoms with Crippen molar-refractivity contribution in [3.63, 3.8) is 0 Å². The fourth-order valence-corrected chi connectivity index (χ4v) is 5.76. The van der Waals surface area contributed by atoms with Crippen LogP contribution in [0.2, 0.25) is 0 Å². The highest BCUT2D eigenvalue weighted by atomic mass is 16.5. The van der Waals surface area contributed by atoms with Gasteiger partial charge in [0.25, 0.3) is 0 Å². The first kappa shape index (κ1) is 29.5. The van der Waals surface area contributed by atoms with Gasteiger partial charge in [-0.05, 0) is 42.5 Å². The number of carbonyl (C=O) groups is 2. The number of piperidine rings is 1. The van der Waals surface area contributed by atoms with Crippen LogP contribution >= 0.6 is 0 Å². The van der Waals surface area contributed by atoms with Crippen LogP contribution in [-0.4, -0.2) is 102 Å². The maximum atomic E-state index is 12.2. The van der Waals surface area contributed by atoms with E-state index < -0.39 is 0 Å². The zero-order chi connectivity index (χ0) is 30.3. The summed E-state index contributed by atoms with van der Waals surface area (Å²) in [6.45, 7) is 6.95.